The zero-order valence-electron chi connectivity index (χ0n) is 17.2. The number of amides is 1. The van der Waals surface area contributed by atoms with Crippen molar-refractivity contribution >= 4 is 17.6 Å². The molecular formula is C22H24N2O6. The van der Waals surface area contributed by atoms with E-state index in [4.69, 9.17) is 19.0 Å². The molecule has 2 aromatic rings. The molecule has 1 unspecified atom stereocenters. The van der Waals surface area contributed by atoms with Crippen molar-refractivity contribution in [2.75, 3.05) is 27.1 Å². The fraction of sp³-hybridized carbons (Fsp3) is 0.318. The lowest BCUT2D eigenvalue weighted by Gasteiger charge is -2.25. The smallest absolute Gasteiger partial charge is 0.347 e. The van der Waals surface area contributed by atoms with Crippen molar-refractivity contribution in [3.63, 3.8) is 0 Å². The first-order chi connectivity index (χ1) is 14.5. The molecule has 0 saturated carbocycles. The van der Waals surface area contributed by atoms with Crippen LogP contribution in [0, 0.1) is 0 Å². The van der Waals surface area contributed by atoms with Crippen molar-refractivity contribution in [2.45, 2.75) is 19.9 Å². The van der Waals surface area contributed by atoms with Gasteiger partial charge < -0.3 is 23.9 Å². The Hall–Kier alpha value is -3.55. The molecule has 0 N–H and O–H groups in total. The largest absolute Gasteiger partial charge is 0.454 e. The Kier molecular flexibility index (Phi) is 6.90. The number of ether oxygens (including phenoxy) is 3. The molecule has 0 spiro atoms. The Bertz CT molecular complexity index is 928. The molecule has 0 aromatic heterocycles. The minimum atomic E-state index is -0.675. The summed E-state index contributed by atoms with van der Waals surface area (Å²) < 4.78 is 15.6. The number of rotatable bonds is 8. The predicted octanol–water partition coefficient (Wildman–Crippen LogP) is 2.92. The van der Waals surface area contributed by atoms with Gasteiger partial charge in [-0.25, -0.2) is 4.79 Å². The third-order valence-electron chi connectivity index (χ3n) is 4.79. The summed E-state index contributed by atoms with van der Waals surface area (Å²) in [7, 11) is 1.67. The quantitative estimate of drug-likeness (QED) is 0.376. The van der Waals surface area contributed by atoms with Gasteiger partial charge in [-0.05, 0) is 37.6 Å². The molecule has 8 nitrogen and oxygen atoms in total. The van der Waals surface area contributed by atoms with Crippen LogP contribution < -0.4 is 9.47 Å². The maximum atomic E-state index is 12.3. The molecule has 1 amide bonds. The number of fused-ring (bicyclic) bond motifs is 1. The van der Waals surface area contributed by atoms with E-state index in [1.54, 1.807) is 26.1 Å². The van der Waals surface area contributed by atoms with Crippen LogP contribution in [-0.4, -0.2) is 49.5 Å². The SMILES string of the molecule is C/C(=N\OCC(=O)OCC(=O)N(C)C(C)c1ccccc1)c1ccc2c(c1)OCO2. The van der Waals surface area contributed by atoms with E-state index in [0.29, 0.717) is 17.2 Å². The van der Waals surface area contributed by atoms with Crippen LogP contribution in [0.5, 0.6) is 11.5 Å². The molecule has 30 heavy (non-hydrogen) atoms. The Labute approximate surface area is 175 Å². The maximum absolute atomic E-state index is 12.3. The van der Waals surface area contributed by atoms with Crippen molar-refractivity contribution in [1.29, 1.82) is 0 Å². The molecular weight excluding hydrogens is 388 g/mol. The molecule has 1 atom stereocenters. The molecule has 0 bridgehead atoms. The van der Waals surface area contributed by atoms with Crippen LogP contribution in [0.25, 0.3) is 0 Å². The average Bonchev–Trinajstić information content (AvgIpc) is 3.24. The van der Waals surface area contributed by atoms with Crippen molar-refractivity contribution < 1.29 is 28.6 Å². The summed E-state index contributed by atoms with van der Waals surface area (Å²) in [5, 5.41) is 3.91. The van der Waals surface area contributed by atoms with E-state index in [0.717, 1.165) is 11.1 Å². The number of hydrogen-bond acceptors (Lipinski definition) is 7. The van der Waals surface area contributed by atoms with Gasteiger partial charge in [0.1, 0.15) is 0 Å². The van der Waals surface area contributed by atoms with Gasteiger partial charge in [0.15, 0.2) is 18.1 Å². The third-order valence-corrected chi connectivity index (χ3v) is 4.79. The molecule has 0 saturated heterocycles. The van der Waals surface area contributed by atoms with Crippen LogP contribution >= 0.6 is 0 Å². The summed E-state index contributed by atoms with van der Waals surface area (Å²) in [6.45, 7) is 3.08. The number of hydrogen-bond donors (Lipinski definition) is 0. The summed E-state index contributed by atoms with van der Waals surface area (Å²) in [5.74, 6) is 0.326. The number of oxime groups is 1. The first kappa shape index (κ1) is 21.2. The second kappa shape index (κ2) is 9.78. The topological polar surface area (TPSA) is 86.7 Å². The van der Waals surface area contributed by atoms with Gasteiger partial charge in [-0.1, -0.05) is 35.5 Å². The number of esters is 1. The van der Waals surface area contributed by atoms with Crippen molar-refractivity contribution in [2.24, 2.45) is 5.16 Å². The lowest BCUT2D eigenvalue weighted by molar-refractivity contribution is -0.156. The first-order valence-electron chi connectivity index (χ1n) is 9.48. The van der Waals surface area contributed by atoms with E-state index in [1.165, 1.54) is 4.90 Å². The molecule has 2 aromatic carbocycles. The van der Waals surface area contributed by atoms with Crippen molar-refractivity contribution in [1.82, 2.24) is 4.90 Å². The predicted molar refractivity (Wildman–Crippen MR) is 109 cm³/mol. The van der Waals surface area contributed by atoms with E-state index in [1.807, 2.05) is 43.3 Å². The Morgan fingerprint density at radius 2 is 1.83 bits per heavy atom. The summed E-state index contributed by atoms with van der Waals surface area (Å²) in [6.07, 6.45) is 0. The van der Waals surface area contributed by atoms with E-state index in [2.05, 4.69) is 5.16 Å². The van der Waals surface area contributed by atoms with Crippen LogP contribution in [-0.2, 0) is 19.2 Å². The van der Waals surface area contributed by atoms with Gasteiger partial charge in [0.2, 0.25) is 13.4 Å². The van der Waals surface area contributed by atoms with Gasteiger partial charge >= 0.3 is 5.97 Å². The minimum absolute atomic E-state index is 0.136. The molecule has 158 valence electrons. The van der Waals surface area contributed by atoms with Crippen LogP contribution in [0.1, 0.15) is 31.0 Å². The maximum Gasteiger partial charge on any atom is 0.347 e. The highest BCUT2D eigenvalue weighted by molar-refractivity contribution is 5.99. The summed E-state index contributed by atoms with van der Waals surface area (Å²) >= 11 is 0. The van der Waals surface area contributed by atoms with Crippen LogP contribution in [0.4, 0.5) is 0 Å². The Balaban J connectivity index is 1.43. The highest BCUT2D eigenvalue weighted by atomic mass is 16.7. The van der Waals surface area contributed by atoms with Crippen LogP contribution in [0.15, 0.2) is 53.7 Å². The first-order valence-corrected chi connectivity index (χ1v) is 9.48. The second-order valence-electron chi connectivity index (χ2n) is 6.77. The molecule has 3 rings (SSSR count). The molecule has 1 aliphatic heterocycles. The number of nitrogens with zero attached hydrogens (tertiary/aromatic N) is 2. The fourth-order valence-electron chi connectivity index (χ4n) is 2.81. The molecule has 1 aliphatic rings. The molecule has 1 heterocycles. The van der Waals surface area contributed by atoms with Gasteiger partial charge in [-0.15, -0.1) is 0 Å². The molecule has 0 fully saturated rings. The van der Waals surface area contributed by atoms with Crippen LogP contribution in [0.2, 0.25) is 0 Å². The van der Waals surface area contributed by atoms with E-state index >= 15 is 0 Å². The van der Waals surface area contributed by atoms with Gasteiger partial charge in [-0.3, -0.25) is 4.79 Å². The third kappa shape index (κ3) is 5.28. The van der Waals surface area contributed by atoms with E-state index in [-0.39, 0.29) is 25.3 Å². The standard InChI is InChI=1S/C22H24N2O6/c1-15(18-9-10-19-20(11-18)29-14-28-19)23-30-13-22(26)27-12-21(25)24(3)16(2)17-7-5-4-6-8-17/h4-11,16H,12-14H2,1-3H3/b23-15+. The number of carbonyl (C=O) groups excluding carboxylic acids is 2. The second-order valence-corrected chi connectivity index (χ2v) is 6.77. The van der Waals surface area contributed by atoms with Gasteiger partial charge in [0, 0.05) is 12.6 Å². The Morgan fingerprint density at radius 1 is 1.10 bits per heavy atom. The number of likely N-dealkylation sites (N-methyl/N-ethyl adjacent to an activating group) is 1. The highest BCUT2D eigenvalue weighted by Gasteiger charge is 2.19. The lowest BCUT2D eigenvalue weighted by atomic mass is 10.1. The summed E-state index contributed by atoms with van der Waals surface area (Å²) in [4.78, 5) is 30.7. The van der Waals surface area contributed by atoms with Crippen LogP contribution in [0.3, 0.4) is 0 Å². The van der Waals surface area contributed by atoms with Crippen molar-refractivity contribution in [3.8, 4) is 11.5 Å². The molecule has 8 heteroatoms. The summed E-state index contributed by atoms with van der Waals surface area (Å²) in [6, 6.07) is 14.9. The average molecular weight is 412 g/mol. The minimum Gasteiger partial charge on any atom is -0.454 e. The lowest BCUT2D eigenvalue weighted by Crippen LogP contribution is -2.33. The number of benzene rings is 2. The highest BCUT2D eigenvalue weighted by Crippen LogP contribution is 2.32. The Morgan fingerprint density at radius 3 is 2.60 bits per heavy atom. The van der Waals surface area contributed by atoms with E-state index < -0.39 is 12.6 Å². The zero-order chi connectivity index (χ0) is 21.5. The monoisotopic (exact) mass is 412 g/mol. The molecule has 0 radical (unpaired) electrons. The molecule has 0 aliphatic carbocycles. The summed E-state index contributed by atoms with van der Waals surface area (Å²) in [5.41, 5.74) is 2.34. The normalized spacial score (nSPS) is 13.5. The fourth-order valence-corrected chi connectivity index (χ4v) is 2.81. The number of carbonyl (C=O) groups is 2. The van der Waals surface area contributed by atoms with Gasteiger partial charge in [0.05, 0.1) is 11.8 Å². The zero-order valence-corrected chi connectivity index (χ0v) is 17.2. The van der Waals surface area contributed by atoms with Gasteiger partial charge in [-0.2, -0.15) is 0 Å². The van der Waals surface area contributed by atoms with Gasteiger partial charge in [0.25, 0.3) is 5.91 Å². The van der Waals surface area contributed by atoms with E-state index in [9.17, 15) is 9.59 Å². The van der Waals surface area contributed by atoms with Crippen molar-refractivity contribution in [3.05, 3.63) is 59.7 Å².